The Labute approximate surface area is 126 Å². The fourth-order valence-electron chi connectivity index (χ4n) is 2.47. The minimum Gasteiger partial charge on any atom is -0.456 e. The molecular formula is C19H12O3. The van der Waals surface area contributed by atoms with Gasteiger partial charge in [-0.1, -0.05) is 36.4 Å². The maximum absolute atomic E-state index is 11.9. The van der Waals surface area contributed by atoms with Gasteiger partial charge in [-0.25, -0.2) is 0 Å². The van der Waals surface area contributed by atoms with Crippen LogP contribution in [0.25, 0.3) is 22.3 Å². The number of hydrogen-bond acceptors (Lipinski definition) is 3. The molecule has 106 valence electrons. The highest BCUT2D eigenvalue weighted by molar-refractivity contribution is 5.84. The van der Waals surface area contributed by atoms with Crippen molar-refractivity contribution in [2.75, 3.05) is 0 Å². The van der Waals surface area contributed by atoms with Crippen molar-refractivity contribution in [3.05, 3.63) is 83.0 Å². The third kappa shape index (κ3) is 2.23. The molecule has 0 aromatic heterocycles. The number of hydrogen-bond donors (Lipinski definition) is 0. The van der Waals surface area contributed by atoms with Gasteiger partial charge in [0.15, 0.2) is 5.43 Å². The molecule has 0 fully saturated rings. The molecule has 0 amide bonds. The van der Waals surface area contributed by atoms with Crippen LogP contribution in [0, 0.1) is 0 Å². The van der Waals surface area contributed by atoms with Crippen LogP contribution in [-0.4, -0.2) is 0 Å². The Hall–Kier alpha value is -3.07. The summed E-state index contributed by atoms with van der Waals surface area (Å²) in [7, 11) is 0. The monoisotopic (exact) mass is 288 g/mol. The lowest BCUT2D eigenvalue weighted by Crippen LogP contribution is -2.01. The Bertz CT molecular complexity index is 971. The van der Waals surface area contributed by atoms with Crippen LogP contribution in [0.1, 0.15) is 0 Å². The molecular weight excluding hydrogens is 276 g/mol. The van der Waals surface area contributed by atoms with Gasteiger partial charge in [-0.05, 0) is 24.3 Å². The van der Waals surface area contributed by atoms with Crippen molar-refractivity contribution in [3.63, 3.8) is 0 Å². The highest BCUT2D eigenvalue weighted by Crippen LogP contribution is 2.36. The zero-order valence-electron chi connectivity index (χ0n) is 11.7. The first-order chi connectivity index (χ1) is 10.8. The van der Waals surface area contributed by atoms with Crippen molar-refractivity contribution in [1.29, 1.82) is 0 Å². The van der Waals surface area contributed by atoms with Crippen LogP contribution in [0.5, 0.6) is 11.5 Å². The Kier molecular flexibility index (Phi) is 2.90. The van der Waals surface area contributed by atoms with Gasteiger partial charge in [0.25, 0.3) is 0 Å². The molecule has 3 nitrogen and oxygen atoms in total. The molecule has 2 aromatic carbocycles. The fourth-order valence-corrected chi connectivity index (χ4v) is 2.47. The van der Waals surface area contributed by atoms with E-state index in [0.717, 1.165) is 16.5 Å². The molecule has 0 bridgehead atoms. The molecule has 0 unspecified atom stereocenters. The van der Waals surface area contributed by atoms with Gasteiger partial charge in [0.05, 0.1) is 5.56 Å². The first kappa shape index (κ1) is 12.7. The minimum absolute atomic E-state index is 0.141. The van der Waals surface area contributed by atoms with Crippen LogP contribution in [0.3, 0.4) is 0 Å². The van der Waals surface area contributed by atoms with E-state index in [2.05, 4.69) is 0 Å². The average Bonchev–Trinajstić information content (AvgIpc) is 2.54. The molecule has 0 N–H and O–H groups in total. The summed E-state index contributed by atoms with van der Waals surface area (Å²) in [5, 5.41) is 0.964. The molecule has 1 heterocycles. The first-order valence-corrected chi connectivity index (χ1v) is 6.99. The average molecular weight is 288 g/mol. The lowest BCUT2D eigenvalue weighted by Gasteiger charge is -2.12. The van der Waals surface area contributed by atoms with Gasteiger partial charge >= 0.3 is 0 Å². The lowest BCUT2D eigenvalue weighted by molar-refractivity contribution is 0.480. The van der Waals surface area contributed by atoms with Crippen LogP contribution in [0.15, 0.2) is 82.0 Å². The maximum atomic E-state index is 11.9. The Morgan fingerprint density at radius 1 is 0.818 bits per heavy atom. The summed E-state index contributed by atoms with van der Waals surface area (Å²) in [5.41, 5.74) is 1.38. The predicted molar refractivity (Wildman–Crippen MR) is 85.6 cm³/mol. The second-order valence-electron chi connectivity index (χ2n) is 5.03. The van der Waals surface area contributed by atoms with Crippen molar-refractivity contribution in [2.45, 2.75) is 0 Å². The summed E-state index contributed by atoms with van der Waals surface area (Å²) in [6.07, 6.45) is 0. The van der Waals surface area contributed by atoms with E-state index in [-0.39, 0.29) is 5.43 Å². The third-order valence-electron chi connectivity index (χ3n) is 3.49. The standard InChI is InChI=1S/C19H12O3/c20-14-11-18(21-15-7-2-1-3-8-15)16-10-13-6-4-5-9-17(13)22-19(16)12-14/h1-12H. The SMILES string of the molecule is O=c1cc2oc3ccccc3cc-2c(Oc2ccccc2)c1. The van der Waals surface area contributed by atoms with Gasteiger partial charge in [-0.3, -0.25) is 4.79 Å². The topological polar surface area (TPSA) is 39.4 Å². The zero-order valence-corrected chi connectivity index (χ0v) is 11.7. The van der Waals surface area contributed by atoms with Crippen molar-refractivity contribution in [1.82, 2.24) is 0 Å². The van der Waals surface area contributed by atoms with E-state index in [1.807, 2.05) is 60.7 Å². The van der Waals surface area contributed by atoms with E-state index in [1.54, 1.807) is 0 Å². The van der Waals surface area contributed by atoms with Crippen LogP contribution in [-0.2, 0) is 0 Å². The van der Waals surface area contributed by atoms with E-state index in [4.69, 9.17) is 9.15 Å². The molecule has 0 radical (unpaired) electrons. The summed E-state index contributed by atoms with van der Waals surface area (Å²) < 4.78 is 11.7. The summed E-state index contributed by atoms with van der Waals surface area (Å²) in [4.78, 5) is 11.9. The molecule has 0 saturated carbocycles. The summed E-state index contributed by atoms with van der Waals surface area (Å²) in [6.45, 7) is 0. The Morgan fingerprint density at radius 2 is 1.59 bits per heavy atom. The molecule has 0 atom stereocenters. The number of para-hydroxylation sites is 2. The first-order valence-electron chi connectivity index (χ1n) is 6.99. The molecule has 2 aromatic rings. The predicted octanol–water partition coefficient (Wildman–Crippen LogP) is 4.69. The molecule has 4 rings (SSSR count). The summed E-state index contributed by atoms with van der Waals surface area (Å²) >= 11 is 0. The van der Waals surface area contributed by atoms with Gasteiger partial charge in [0.2, 0.25) is 0 Å². The van der Waals surface area contributed by atoms with E-state index >= 15 is 0 Å². The molecule has 2 aliphatic rings. The quantitative estimate of drug-likeness (QED) is 0.502. The smallest absolute Gasteiger partial charge is 0.186 e. The zero-order chi connectivity index (χ0) is 14.9. The van der Waals surface area contributed by atoms with Crippen LogP contribution in [0.4, 0.5) is 0 Å². The van der Waals surface area contributed by atoms with Gasteiger partial charge in [0.1, 0.15) is 22.8 Å². The molecule has 0 spiro atoms. The number of rotatable bonds is 2. The minimum atomic E-state index is -0.141. The maximum Gasteiger partial charge on any atom is 0.186 e. The van der Waals surface area contributed by atoms with E-state index < -0.39 is 0 Å². The number of ether oxygens (including phenoxy) is 1. The second kappa shape index (κ2) is 5.04. The van der Waals surface area contributed by atoms with Gasteiger partial charge in [-0.15, -0.1) is 0 Å². The summed E-state index contributed by atoms with van der Waals surface area (Å²) in [6, 6.07) is 22.0. The van der Waals surface area contributed by atoms with Gasteiger partial charge < -0.3 is 9.15 Å². The highest BCUT2D eigenvalue weighted by Gasteiger charge is 2.15. The molecule has 3 heteroatoms. The van der Waals surface area contributed by atoms with Crippen molar-refractivity contribution >= 4 is 11.0 Å². The van der Waals surface area contributed by atoms with Gasteiger partial charge in [-0.2, -0.15) is 0 Å². The number of fused-ring (bicyclic) bond motifs is 2. The lowest BCUT2D eigenvalue weighted by atomic mass is 10.1. The van der Waals surface area contributed by atoms with Crippen molar-refractivity contribution in [3.8, 4) is 22.8 Å². The fraction of sp³-hybridized carbons (Fsp3) is 0. The third-order valence-corrected chi connectivity index (χ3v) is 3.49. The Balaban J connectivity index is 1.94. The van der Waals surface area contributed by atoms with Crippen molar-refractivity contribution in [2.24, 2.45) is 0 Å². The number of benzene rings is 3. The highest BCUT2D eigenvalue weighted by atomic mass is 16.5. The van der Waals surface area contributed by atoms with E-state index in [1.165, 1.54) is 12.1 Å². The molecule has 1 aliphatic carbocycles. The molecule has 22 heavy (non-hydrogen) atoms. The van der Waals surface area contributed by atoms with E-state index in [0.29, 0.717) is 17.3 Å². The van der Waals surface area contributed by atoms with Crippen LogP contribution in [0.2, 0.25) is 0 Å². The second-order valence-corrected chi connectivity index (χ2v) is 5.03. The molecule has 0 saturated heterocycles. The van der Waals surface area contributed by atoms with Gasteiger partial charge in [0, 0.05) is 17.5 Å². The van der Waals surface area contributed by atoms with Crippen LogP contribution >= 0.6 is 0 Å². The largest absolute Gasteiger partial charge is 0.456 e. The molecule has 1 aliphatic heterocycles. The van der Waals surface area contributed by atoms with Crippen LogP contribution < -0.4 is 10.2 Å². The summed E-state index contributed by atoms with van der Waals surface area (Å²) in [5.74, 6) is 1.71. The van der Waals surface area contributed by atoms with Crippen molar-refractivity contribution < 1.29 is 9.15 Å². The normalized spacial score (nSPS) is 10.9. The Morgan fingerprint density at radius 3 is 2.45 bits per heavy atom. The van der Waals surface area contributed by atoms with E-state index in [9.17, 15) is 4.79 Å².